The van der Waals surface area contributed by atoms with E-state index in [0.29, 0.717) is 22.8 Å². The predicted molar refractivity (Wildman–Crippen MR) is 223 cm³/mol. The topological polar surface area (TPSA) is 280 Å². The van der Waals surface area contributed by atoms with Crippen LogP contribution in [0, 0.1) is 6.92 Å². The van der Waals surface area contributed by atoms with Crippen molar-refractivity contribution in [2.75, 3.05) is 37.6 Å². The van der Waals surface area contributed by atoms with Crippen molar-refractivity contribution >= 4 is 87.8 Å². The van der Waals surface area contributed by atoms with Gasteiger partial charge < -0.3 is 34.4 Å². The molecule has 10 atom stereocenters. The van der Waals surface area contributed by atoms with Gasteiger partial charge in [-0.05, 0) is 82.8 Å². The molecule has 0 unspecified atom stereocenters. The molecule has 7 heterocycles. The number of carbonyl (C=O) groups is 2. The maximum absolute atomic E-state index is 17.0. The van der Waals surface area contributed by atoms with Crippen molar-refractivity contribution < 1.29 is 64.9 Å². The average molecular weight is 967 g/mol. The fourth-order valence-electron chi connectivity index (χ4n) is 6.70. The van der Waals surface area contributed by atoms with Gasteiger partial charge >= 0.3 is 25.5 Å². The fourth-order valence-corrected chi connectivity index (χ4v) is 13.7. The summed E-state index contributed by atoms with van der Waals surface area (Å²) in [5, 5.41) is 0. The van der Waals surface area contributed by atoms with E-state index in [0.717, 1.165) is 17.9 Å². The van der Waals surface area contributed by atoms with Gasteiger partial charge in [-0.15, -0.1) is 0 Å². The first-order valence-electron chi connectivity index (χ1n) is 18.9. The maximum atomic E-state index is 17.0. The molecule has 2 bridgehead atoms. The normalized spacial score (nSPS) is 31.0. The third-order valence-corrected chi connectivity index (χ3v) is 17.1. The largest absolute Gasteiger partial charge is 0.459 e. The van der Waals surface area contributed by atoms with Gasteiger partial charge in [0.25, 0.3) is 5.56 Å². The smallest absolute Gasteiger partial charge is 0.390 e. The molecule has 28 heteroatoms. The number of nitrogens with zero attached hydrogens (tertiary/aromatic N) is 6. The van der Waals surface area contributed by atoms with E-state index in [1.807, 2.05) is 0 Å². The highest BCUT2D eigenvalue weighted by molar-refractivity contribution is 8.55. The number of methoxy groups -OCH3 is 1. The second kappa shape index (κ2) is 18.0. The van der Waals surface area contributed by atoms with Crippen LogP contribution in [0.5, 0.6) is 0 Å². The monoisotopic (exact) mass is 966 g/mol. The number of nitrogens with one attached hydrogen (secondary N) is 1. The third-order valence-electron chi connectivity index (χ3n) is 9.07. The van der Waals surface area contributed by atoms with E-state index in [2.05, 4.69) is 29.3 Å². The number of hydrogen-bond acceptors (Lipinski definition) is 23. The summed E-state index contributed by atoms with van der Waals surface area (Å²) in [5.41, 5.74) is 4.06. The zero-order valence-electron chi connectivity index (χ0n) is 34.6. The molecule has 3 saturated heterocycles. The maximum Gasteiger partial charge on any atom is 0.390 e. The molecule has 4 aromatic heterocycles. The number of aryl methyl sites for hydroxylation is 1. The van der Waals surface area contributed by atoms with Crippen molar-refractivity contribution in [3.63, 3.8) is 0 Å². The molecular formula is C34H45FN8O14P2S3. The van der Waals surface area contributed by atoms with E-state index < -0.39 is 116 Å². The Morgan fingerprint density at radius 1 is 0.935 bits per heavy atom. The second-order valence-corrected chi connectivity index (χ2v) is 25.0. The molecule has 0 spiro atoms. The average Bonchev–Trinajstić information content (AvgIpc) is 3.94. The number of nitrogen functional groups attached to an aromatic ring is 1. The lowest BCUT2D eigenvalue weighted by Gasteiger charge is -2.28. The number of alkyl halides is 1. The molecule has 62 heavy (non-hydrogen) atoms. The number of rotatable bonds is 9. The van der Waals surface area contributed by atoms with Crippen molar-refractivity contribution in [2.45, 2.75) is 109 Å². The minimum Gasteiger partial charge on any atom is -0.459 e. The first-order chi connectivity index (χ1) is 29.1. The molecule has 0 amide bonds. The summed E-state index contributed by atoms with van der Waals surface area (Å²) in [6, 6.07) is 0. The molecule has 3 fully saturated rings. The lowest BCUT2D eigenvalue weighted by Crippen LogP contribution is -2.36. The van der Waals surface area contributed by atoms with Crippen molar-refractivity contribution in [3.8, 4) is 0 Å². The van der Waals surface area contributed by atoms with Crippen LogP contribution in [0.25, 0.3) is 22.2 Å². The Morgan fingerprint density at radius 3 is 2.16 bits per heavy atom. The van der Waals surface area contributed by atoms with Gasteiger partial charge in [0.15, 0.2) is 29.4 Å². The molecule has 340 valence electrons. The van der Waals surface area contributed by atoms with Crippen molar-refractivity contribution in [2.24, 2.45) is 0 Å². The predicted octanol–water partition coefficient (Wildman–Crippen LogP) is 4.98. The van der Waals surface area contributed by atoms with Crippen LogP contribution in [0.3, 0.4) is 0 Å². The molecule has 0 saturated carbocycles. The van der Waals surface area contributed by atoms with Crippen LogP contribution in [0.1, 0.15) is 64.6 Å². The van der Waals surface area contributed by atoms with Crippen LogP contribution in [0.4, 0.5) is 10.2 Å². The summed E-state index contributed by atoms with van der Waals surface area (Å²) in [5.74, 6) is -2.34. The van der Waals surface area contributed by atoms with E-state index in [1.54, 1.807) is 48.5 Å². The first kappa shape index (κ1) is 46.9. The summed E-state index contributed by atoms with van der Waals surface area (Å²) >= 11 is 1.78. The molecule has 0 radical (unpaired) electrons. The highest BCUT2D eigenvalue weighted by Gasteiger charge is 2.56. The number of halogens is 1. The summed E-state index contributed by atoms with van der Waals surface area (Å²) in [6.07, 6.45) is -9.65. The second-order valence-electron chi connectivity index (χ2n) is 16.1. The van der Waals surface area contributed by atoms with Crippen LogP contribution in [-0.2, 0) is 60.5 Å². The van der Waals surface area contributed by atoms with E-state index in [4.69, 9.17) is 47.5 Å². The molecule has 4 aromatic rings. The number of carbonyl (C=O) groups excluding carboxylic acids is 2. The Labute approximate surface area is 365 Å². The number of esters is 2. The number of fused-ring (bicyclic) bond motifs is 5. The van der Waals surface area contributed by atoms with E-state index in [1.165, 1.54) is 18.0 Å². The van der Waals surface area contributed by atoms with Gasteiger partial charge in [0.1, 0.15) is 82.5 Å². The number of ether oxygens (including phenoxy) is 5. The molecule has 3 aliphatic heterocycles. The molecule has 3 aliphatic rings. The molecule has 0 aliphatic carbocycles. The highest BCUT2D eigenvalue weighted by Crippen LogP contribution is 2.66. The highest BCUT2D eigenvalue weighted by atomic mass is 32.7. The number of imidazole rings is 1. The number of nitrogens with two attached hydrogens (primary N) is 1. The quantitative estimate of drug-likeness (QED) is 0.165. The van der Waals surface area contributed by atoms with Crippen LogP contribution in [-0.4, -0.2) is 126 Å². The van der Waals surface area contributed by atoms with Gasteiger partial charge in [-0.2, -0.15) is 4.37 Å². The number of anilines is 1. The summed E-state index contributed by atoms with van der Waals surface area (Å²) in [6.45, 7) is 0.879. The number of H-pyrrole nitrogens is 1. The van der Waals surface area contributed by atoms with Crippen LogP contribution < -0.4 is 11.3 Å². The Bertz CT molecular complexity index is 2480. The third kappa shape index (κ3) is 10.4. The van der Waals surface area contributed by atoms with Gasteiger partial charge in [0.2, 0.25) is 0 Å². The Balaban J connectivity index is 1.30. The van der Waals surface area contributed by atoms with E-state index in [9.17, 15) is 18.9 Å². The molecular weight excluding hydrogens is 922 g/mol. The van der Waals surface area contributed by atoms with Gasteiger partial charge in [-0.25, -0.2) is 33.5 Å². The van der Waals surface area contributed by atoms with Crippen molar-refractivity contribution in [3.05, 3.63) is 33.7 Å². The van der Waals surface area contributed by atoms with Crippen LogP contribution in [0.15, 0.2) is 17.4 Å². The van der Waals surface area contributed by atoms with Crippen LogP contribution >= 0.6 is 47.9 Å². The lowest BCUT2D eigenvalue weighted by molar-refractivity contribution is -0.152. The summed E-state index contributed by atoms with van der Waals surface area (Å²) in [4.78, 5) is 58.5. The molecule has 22 nitrogen and oxygen atoms in total. The summed E-state index contributed by atoms with van der Waals surface area (Å²) in [7, 11) is 1.31. The van der Waals surface area contributed by atoms with Gasteiger partial charge in [-0.1, -0.05) is 0 Å². The zero-order chi connectivity index (χ0) is 44.9. The van der Waals surface area contributed by atoms with Crippen LogP contribution in [0.2, 0.25) is 0 Å². The van der Waals surface area contributed by atoms with Crippen molar-refractivity contribution in [1.29, 1.82) is 0 Å². The van der Waals surface area contributed by atoms with Gasteiger partial charge in [0, 0.05) is 7.11 Å². The van der Waals surface area contributed by atoms with Crippen molar-refractivity contribution in [1.82, 2.24) is 33.9 Å². The molecule has 0 aromatic carbocycles. The lowest BCUT2D eigenvalue weighted by atomic mass is 10.1. The van der Waals surface area contributed by atoms with E-state index >= 15 is 8.96 Å². The Kier molecular flexibility index (Phi) is 13.6. The number of aromatic amines is 1. The van der Waals surface area contributed by atoms with Gasteiger partial charge in [0.05, 0.1) is 24.4 Å². The fraction of sp³-hybridized carbons (Fsp3) is 0.647. The van der Waals surface area contributed by atoms with E-state index in [-0.39, 0.29) is 38.7 Å². The zero-order valence-corrected chi connectivity index (χ0v) is 38.8. The SMILES string of the molecule is CO[C@H]1[C@H]2O[P@@](=O)(SCC(=O)OC(C)(C)C)OC[C@H]3O[C@@H](n4cnc5c(N)ncnc54)[C@H](F)[C@@H]3O[P@](=O)(SCC(=O)OC(C)(C)C)OC[C@H]1O[C@H]2c1snc2c(=O)[nH]c(C)nc12. The summed E-state index contributed by atoms with van der Waals surface area (Å²) < 4.78 is 106. The Hall–Kier alpha value is -3.13. The standard InChI is InChI=1S/C34H45FN8O14P2S3/c1-15-40-21-22(31(46)41-15)42-62-28(21)27-26-25(49-8)17(52-27)10-51-58(47,60-11-18(44)54-33(2,3)4)56-24-16(9-50-59(48,57-26)61-12-19(45)55-34(5,6)7)53-32(20(24)35)43-14-39-23-29(36)37-13-38-30(23)43/h13-14,16-17,20,24-27,32H,9-12H2,1-8H3,(H2,36,37,38)(H,40,41,46)/t16-,17-,20-,24-,25-,26-,27-,32-,58-,59+/m1/s1. The molecule has 7 rings (SSSR count). The molecule has 3 N–H and O–H groups in total. The number of hydrogen-bond donors (Lipinski definition) is 2. The number of aromatic nitrogens is 7. The first-order valence-corrected chi connectivity index (χ1v) is 26.0. The minimum absolute atomic E-state index is 0.00391. The van der Waals surface area contributed by atoms with Gasteiger partial charge in [-0.3, -0.25) is 37.0 Å². The minimum atomic E-state index is -4.65. The Morgan fingerprint density at radius 2 is 1.55 bits per heavy atom.